The number of rotatable bonds is 3. The highest BCUT2D eigenvalue weighted by atomic mass is 79.9. The predicted molar refractivity (Wildman–Crippen MR) is 73.2 cm³/mol. The van der Waals surface area contributed by atoms with Crippen molar-refractivity contribution in [2.75, 3.05) is 14.2 Å². The van der Waals surface area contributed by atoms with Gasteiger partial charge >= 0.3 is 13.2 Å². The fraction of sp³-hybridized carbons (Fsp3) is 0.545. The summed E-state index contributed by atoms with van der Waals surface area (Å²) in [5.74, 6) is 0. The minimum absolute atomic E-state index is 0.478. The molecule has 18 heavy (non-hydrogen) atoms. The molecule has 0 saturated heterocycles. The van der Waals surface area contributed by atoms with E-state index in [-0.39, 0.29) is 0 Å². The minimum atomic E-state index is -0.621. The van der Waals surface area contributed by atoms with Crippen LogP contribution in [0.5, 0.6) is 0 Å². The standard InChI is InChI=1S/C11H17BBrNO4/c1-11(2,3)18-10(15)14-8(6-7-9(14)13)12(16-4)17-5/h6-7H,1-5H3. The van der Waals surface area contributed by atoms with Crippen molar-refractivity contribution < 1.29 is 18.8 Å². The summed E-state index contributed by atoms with van der Waals surface area (Å²) < 4.78 is 17.6. The first-order valence-corrected chi connectivity index (χ1v) is 6.25. The van der Waals surface area contributed by atoms with Crippen LogP contribution in [0.1, 0.15) is 20.8 Å². The number of ether oxygens (including phenoxy) is 1. The lowest BCUT2D eigenvalue weighted by molar-refractivity contribution is 0.0537. The Morgan fingerprint density at radius 2 is 1.83 bits per heavy atom. The van der Waals surface area contributed by atoms with E-state index in [0.717, 1.165) is 0 Å². The zero-order chi connectivity index (χ0) is 13.9. The van der Waals surface area contributed by atoms with Gasteiger partial charge in [-0.1, -0.05) is 0 Å². The van der Waals surface area contributed by atoms with Crippen molar-refractivity contribution in [2.45, 2.75) is 26.4 Å². The van der Waals surface area contributed by atoms with Crippen molar-refractivity contribution in [3.05, 3.63) is 16.7 Å². The van der Waals surface area contributed by atoms with Crippen LogP contribution >= 0.6 is 15.9 Å². The third-order valence-corrected chi connectivity index (χ3v) is 2.73. The maximum atomic E-state index is 12.1. The molecule has 0 spiro atoms. The van der Waals surface area contributed by atoms with E-state index in [1.807, 2.05) is 20.8 Å². The van der Waals surface area contributed by atoms with Gasteiger partial charge in [0.25, 0.3) is 0 Å². The summed E-state index contributed by atoms with van der Waals surface area (Å²) in [6, 6.07) is 3.48. The summed E-state index contributed by atoms with van der Waals surface area (Å²) in [6.07, 6.45) is -0.478. The van der Waals surface area contributed by atoms with Crippen LogP contribution in [0.2, 0.25) is 0 Å². The monoisotopic (exact) mass is 317 g/mol. The van der Waals surface area contributed by atoms with Gasteiger partial charge in [-0.2, -0.15) is 0 Å². The molecule has 0 amide bonds. The molecule has 0 atom stereocenters. The number of hydrogen-bond acceptors (Lipinski definition) is 4. The highest BCUT2D eigenvalue weighted by Gasteiger charge is 2.29. The lowest BCUT2D eigenvalue weighted by Crippen LogP contribution is -2.43. The molecule has 0 fully saturated rings. The molecule has 0 aromatic carbocycles. The Balaban J connectivity index is 3.08. The molecule has 5 nitrogen and oxygen atoms in total. The van der Waals surface area contributed by atoms with E-state index < -0.39 is 18.8 Å². The molecule has 1 rings (SSSR count). The van der Waals surface area contributed by atoms with E-state index in [1.165, 1.54) is 18.8 Å². The average Bonchev–Trinajstić information content (AvgIpc) is 2.60. The fourth-order valence-electron chi connectivity index (χ4n) is 1.45. The van der Waals surface area contributed by atoms with Crippen LogP contribution in [-0.4, -0.2) is 37.6 Å². The first-order chi connectivity index (χ1) is 8.30. The minimum Gasteiger partial charge on any atom is -0.443 e. The van der Waals surface area contributed by atoms with E-state index in [1.54, 1.807) is 12.1 Å². The average molecular weight is 318 g/mol. The number of carbonyl (C=O) groups excluding carboxylic acids is 1. The van der Waals surface area contributed by atoms with Crippen LogP contribution in [-0.2, 0) is 14.0 Å². The Morgan fingerprint density at radius 1 is 1.28 bits per heavy atom. The van der Waals surface area contributed by atoms with E-state index in [0.29, 0.717) is 10.2 Å². The fourth-order valence-corrected chi connectivity index (χ4v) is 1.93. The Bertz CT molecular complexity index is 423. The summed E-state index contributed by atoms with van der Waals surface area (Å²) >= 11 is 3.30. The van der Waals surface area contributed by atoms with Crippen LogP contribution in [0.25, 0.3) is 0 Å². The second kappa shape index (κ2) is 5.90. The van der Waals surface area contributed by atoms with Crippen molar-refractivity contribution in [2.24, 2.45) is 0 Å². The molecule has 0 aliphatic heterocycles. The summed E-state index contributed by atoms with van der Waals surface area (Å²) in [5, 5.41) is 0. The van der Waals surface area contributed by atoms with Crippen molar-refractivity contribution in [3.8, 4) is 0 Å². The SMILES string of the molecule is COB(OC)c1ccc(Br)n1C(=O)OC(C)(C)C. The van der Waals surface area contributed by atoms with Gasteiger partial charge in [-0.15, -0.1) is 0 Å². The first kappa shape index (κ1) is 15.3. The molecule has 7 heteroatoms. The Labute approximate surface area is 116 Å². The molecule has 0 N–H and O–H groups in total. The summed E-state index contributed by atoms with van der Waals surface area (Å²) in [7, 11) is 2.40. The van der Waals surface area contributed by atoms with Gasteiger partial charge < -0.3 is 14.0 Å². The van der Waals surface area contributed by atoms with Crippen LogP contribution in [0.15, 0.2) is 16.7 Å². The molecule has 0 radical (unpaired) electrons. The van der Waals surface area contributed by atoms with Crippen molar-refractivity contribution in [3.63, 3.8) is 0 Å². The molecular formula is C11H17BBrNO4. The Hall–Kier alpha value is -0.785. The van der Waals surface area contributed by atoms with Crippen LogP contribution in [0.4, 0.5) is 4.79 Å². The molecule has 1 aromatic rings. The zero-order valence-electron chi connectivity index (χ0n) is 11.2. The Morgan fingerprint density at radius 3 is 2.28 bits per heavy atom. The smallest absolute Gasteiger partial charge is 0.443 e. The van der Waals surface area contributed by atoms with Crippen molar-refractivity contribution >= 4 is 34.7 Å². The highest BCUT2D eigenvalue weighted by molar-refractivity contribution is 9.10. The lowest BCUT2D eigenvalue weighted by Gasteiger charge is -2.21. The topological polar surface area (TPSA) is 49.7 Å². The molecular weight excluding hydrogens is 301 g/mol. The maximum absolute atomic E-state index is 12.1. The van der Waals surface area contributed by atoms with Gasteiger partial charge in [0.05, 0.1) is 10.2 Å². The highest BCUT2D eigenvalue weighted by Crippen LogP contribution is 2.14. The lowest BCUT2D eigenvalue weighted by atomic mass is 9.85. The normalized spacial score (nSPS) is 11.4. The van der Waals surface area contributed by atoms with Crippen LogP contribution in [0, 0.1) is 0 Å². The van der Waals surface area contributed by atoms with Crippen molar-refractivity contribution in [1.82, 2.24) is 4.57 Å². The number of halogens is 1. The van der Waals surface area contributed by atoms with Crippen molar-refractivity contribution in [1.29, 1.82) is 0 Å². The molecule has 1 heterocycles. The van der Waals surface area contributed by atoms with Crippen LogP contribution in [0.3, 0.4) is 0 Å². The van der Waals surface area contributed by atoms with E-state index in [9.17, 15) is 4.79 Å². The third-order valence-electron chi connectivity index (χ3n) is 2.11. The zero-order valence-corrected chi connectivity index (χ0v) is 12.8. The molecule has 0 saturated carbocycles. The summed E-state index contributed by atoms with van der Waals surface area (Å²) in [5.41, 5.74) is 0.00868. The van der Waals surface area contributed by atoms with Gasteiger partial charge in [0.1, 0.15) is 5.60 Å². The molecule has 100 valence electrons. The second-order valence-corrected chi connectivity index (χ2v) is 5.51. The van der Waals surface area contributed by atoms with E-state index >= 15 is 0 Å². The number of nitrogens with zero attached hydrogens (tertiary/aromatic N) is 1. The number of carbonyl (C=O) groups is 1. The van der Waals surface area contributed by atoms with Gasteiger partial charge in [-0.25, -0.2) is 9.36 Å². The maximum Gasteiger partial charge on any atom is 0.511 e. The molecule has 0 aliphatic rings. The van der Waals surface area contributed by atoms with E-state index in [4.69, 9.17) is 14.0 Å². The van der Waals surface area contributed by atoms with E-state index in [2.05, 4.69) is 15.9 Å². The summed E-state index contributed by atoms with van der Waals surface area (Å²) in [6.45, 7) is 5.43. The van der Waals surface area contributed by atoms with Gasteiger partial charge in [-0.3, -0.25) is 0 Å². The number of hydrogen-bond donors (Lipinski definition) is 0. The number of aromatic nitrogens is 1. The largest absolute Gasteiger partial charge is 0.511 e. The summed E-state index contributed by atoms with van der Waals surface area (Å²) in [4.78, 5) is 12.1. The van der Waals surface area contributed by atoms with Gasteiger partial charge in [0.15, 0.2) is 0 Å². The third kappa shape index (κ3) is 3.60. The van der Waals surface area contributed by atoms with Gasteiger partial charge in [0.2, 0.25) is 0 Å². The van der Waals surface area contributed by atoms with Gasteiger partial charge in [0, 0.05) is 14.2 Å². The molecule has 1 aromatic heterocycles. The Kier molecular flexibility index (Phi) is 5.01. The predicted octanol–water partition coefficient (Wildman–Crippen LogP) is 2.02. The molecule has 0 aliphatic carbocycles. The molecule has 0 unspecified atom stereocenters. The molecule has 0 bridgehead atoms. The second-order valence-electron chi connectivity index (χ2n) is 4.70. The van der Waals surface area contributed by atoms with Crippen LogP contribution < -0.4 is 5.59 Å². The van der Waals surface area contributed by atoms with Gasteiger partial charge in [-0.05, 0) is 48.8 Å². The quantitative estimate of drug-likeness (QED) is 0.800. The first-order valence-electron chi connectivity index (χ1n) is 5.46.